The molecule has 20 heavy (non-hydrogen) atoms. The normalized spacial score (nSPS) is 20.4. The molecule has 1 unspecified atom stereocenters. The van der Waals surface area contributed by atoms with Gasteiger partial charge in [0, 0.05) is 18.0 Å². The summed E-state index contributed by atoms with van der Waals surface area (Å²) in [6.45, 7) is 5.40. The first-order valence-electron chi connectivity index (χ1n) is 7.08. The summed E-state index contributed by atoms with van der Waals surface area (Å²) in [5, 5.41) is 4.57. The molecule has 2 aromatic rings. The average Bonchev–Trinajstić information content (AvgIpc) is 2.76. The van der Waals surface area contributed by atoms with Crippen molar-refractivity contribution in [1.29, 1.82) is 0 Å². The highest BCUT2D eigenvalue weighted by Gasteiger charge is 2.18. The van der Waals surface area contributed by atoms with Crippen LogP contribution in [0.4, 0.5) is 11.8 Å². The lowest BCUT2D eigenvalue weighted by atomic mass is 9.98. The Balaban J connectivity index is 1.76. The molecule has 0 aliphatic carbocycles. The number of nitrogen functional groups attached to an aromatic ring is 1. The number of likely N-dealkylation sites (tertiary alicyclic amines) is 1. The standard InChI is InChI=1S/C14H21N5S/c1-9-6-11-12(17-14(15)18-13(11)20-9)16-7-10-4-3-5-19(2)8-10/h6,10H,3-5,7-8H2,1-2H3,(H3,15,16,17,18). The summed E-state index contributed by atoms with van der Waals surface area (Å²) in [4.78, 5) is 13.3. The number of thiophene rings is 1. The van der Waals surface area contributed by atoms with Gasteiger partial charge in [-0.1, -0.05) is 0 Å². The lowest BCUT2D eigenvalue weighted by Crippen LogP contribution is -2.35. The Morgan fingerprint density at radius 2 is 2.35 bits per heavy atom. The number of fused-ring (bicyclic) bond motifs is 1. The SMILES string of the molecule is Cc1cc2c(NCC3CCCN(C)C3)nc(N)nc2s1. The van der Waals surface area contributed by atoms with E-state index in [1.807, 2.05) is 0 Å². The van der Waals surface area contributed by atoms with E-state index >= 15 is 0 Å². The molecule has 0 bridgehead atoms. The fraction of sp³-hybridized carbons (Fsp3) is 0.571. The van der Waals surface area contributed by atoms with E-state index in [2.05, 4.69) is 40.2 Å². The Morgan fingerprint density at radius 3 is 3.15 bits per heavy atom. The van der Waals surface area contributed by atoms with Crippen LogP contribution in [-0.4, -0.2) is 41.5 Å². The van der Waals surface area contributed by atoms with Crippen molar-refractivity contribution in [2.45, 2.75) is 19.8 Å². The van der Waals surface area contributed by atoms with E-state index in [1.54, 1.807) is 11.3 Å². The van der Waals surface area contributed by atoms with Crippen molar-refractivity contribution in [1.82, 2.24) is 14.9 Å². The van der Waals surface area contributed by atoms with Gasteiger partial charge in [-0.05, 0) is 45.3 Å². The van der Waals surface area contributed by atoms with Gasteiger partial charge in [-0.3, -0.25) is 0 Å². The topological polar surface area (TPSA) is 67.1 Å². The predicted molar refractivity (Wildman–Crippen MR) is 85.3 cm³/mol. The van der Waals surface area contributed by atoms with Gasteiger partial charge in [0.25, 0.3) is 0 Å². The van der Waals surface area contributed by atoms with E-state index in [0.29, 0.717) is 11.9 Å². The minimum Gasteiger partial charge on any atom is -0.369 e. The number of nitrogens with one attached hydrogen (secondary N) is 1. The number of nitrogens with zero attached hydrogens (tertiary/aromatic N) is 3. The molecule has 6 heteroatoms. The number of aromatic nitrogens is 2. The van der Waals surface area contributed by atoms with Crippen molar-refractivity contribution < 1.29 is 0 Å². The van der Waals surface area contributed by atoms with Crippen molar-refractivity contribution in [2.75, 3.05) is 37.7 Å². The van der Waals surface area contributed by atoms with Crippen LogP contribution >= 0.6 is 11.3 Å². The van der Waals surface area contributed by atoms with Crippen molar-refractivity contribution in [3.05, 3.63) is 10.9 Å². The minimum absolute atomic E-state index is 0.350. The highest BCUT2D eigenvalue weighted by Crippen LogP contribution is 2.29. The maximum Gasteiger partial charge on any atom is 0.223 e. The number of hydrogen-bond donors (Lipinski definition) is 2. The monoisotopic (exact) mass is 291 g/mol. The molecule has 3 heterocycles. The molecule has 0 saturated carbocycles. The summed E-state index contributed by atoms with van der Waals surface area (Å²) >= 11 is 1.66. The Bertz CT molecular complexity index is 609. The fourth-order valence-corrected chi connectivity index (χ4v) is 3.76. The predicted octanol–water partition coefficient (Wildman–Crippen LogP) is 2.34. The van der Waals surface area contributed by atoms with Crippen LogP contribution in [0.2, 0.25) is 0 Å². The van der Waals surface area contributed by atoms with Gasteiger partial charge in [-0.25, -0.2) is 4.98 Å². The Hall–Kier alpha value is -1.40. The molecule has 2 aromatic heterocycles. The van der Waals surface area contributed by atoms with E-state index in [1.165, 1.54) is 24.3 Å². The van der Waals surface area contributed by atoms with Gasteiger partial charge in [0.05, 0.1) is 5.39 Å². The van der Waals surface area contributed by atoms with Crippen LogP contribution in [0.1, 0.15) is 17.7 Å². The van der Waals surface area contributed by atoms with Crippen LogP contribution in [-0.2, 0) is 0 Å². The first-order valence-corrected chi connectivity index (χ1v) is 7.89. The number of anilines is 2. The van der Waals surface area contributed by atoms with Crippen molar-refractivity contribution in [2.24, 2.45) is 5.92 Å². The zero-order valence-electron chi connectivity index (χ0n) is 12.0. The Kier molecular flexibility index (Phi) is 3.76. The first kappa shape index (κ1) is 13.6. The highest BCUT2D eigenvalue weighted by atomic mass is 32.1. The number of rotatable bonds is 3. The van der Waals surface area contributed by atoms with E-state index in [9.17, 15) is 0 Å². The molecule has 3 N–H and O–H groups in total. The lowest BCUT2D eigenvalue weighted by Gasteiger charge is -2.29. The molecule has 5 nitrogen and oxygen atoms in total. The Morgan fingerprint density at radius 1 is 1.50 bits per heavy atom. The summed E-state index contributed by atoms with van der Waals surface area (Å²) < 4.78 is 0. The Labute approximate surface area is 123 Å². The highest BCUT2D eigenvalue weighted by molar-refractivity contribution is 7.18. The van der Waals surface area contributed by atoms with Gasteiger partial charge in [0.2, 0.25) is 5.95 Å². The largest absolute Gasteiger partial charge is 0.369 e. The molecule has 108 valence electrons. The maximum atomic E-state index is 5.80. The summed E-state index contributed by atoms with van der Waals surface area (Å²) in [6, 6.07) is 2.13. The molecule has 1 aliphatic heterocycles. The third kappa shape index (κ3) is 2.86. The summed E-state index contributed by atoms with van der Waals surface area (Å²) in [7, 11) is 2.19. The molecule has 1 aliphatic rings. The van der Waals surface area contributed by atoms with Crippen molar-refractivity contribution in [3.8, 4) is 0 Å². The van der Waals surface area contributed by atoms with Crippen LogP contribution in [0.15, 0.2) is 6.07 Å². The minimum atomic E-state index is 0.350. The zero-order chi connectivity index (χ0) is 14.1. The number of aryl methyl sites for hydroxylation is 1. The summed E-state index contributed by atoms with van der Waals surface area (Å²) in [6.07, 6.45) is 2.56. The van der Waals surface area contributed by atoms with Gasteiger partial charge < -0.3 is 16.0 Å². The summed E-state index contributed by atoms with van der Waals surface area (Å²) in [5.41, 5.74) is 5.80. The molecule has 1 fully saturated rings. The van der Waals surface area contributed by atoms with E-state index in [-0.39, 0.29) is 0 Å². The van der Waals surface area contributed by atoms with Crippen molar-refractivity contribution >= 4 is 33.3 Å². The third-order valence-electron chi connectivity index (χ3n) is 3.81. The van der Waals surface area contributed by atoms with Gasteiger partial charge in [0.15, 0.2) is 0 Å². The molecule has 0 aromatic carbocycles. The third-order valence-corrected chi connectivity index (χ3v) is 4.76. The number of hydrogen-bond acceptors (Lipinski definition) is 6. The average molecular weight is 291 g/mol. The molecular formula is C14H21N5S. The van der Waals surface area contributed by atoms with Crippen LogP contribution in [0, 0.1) is 12.8 Å². The summed E-state index contributed by atoms with van der Waals surface area (Å²) in [5.74, 6) is 1.91. The van der Waals surface area contributed by atoms with E-state index in [0.717, 1.165) is 29.1 Å². The molecule has 3 rings (SSSR count). The maximum absolute atomic E-state index is 5.80. The van der Waals surface area contributed by atoms with Crippen molar-refractivity contribution in [3.63, 3.8) is 0 Å². The van der Waals surface area contributed by atoms with Crippen LogP contribution in [0.3, 0.4) is 0 Å². The second-order valence-electron chi connectivity index (χ2n) is 5.66. The second kappa shape index (κ2) is 5.54. The smallest absolute Gasteiger partial charge is 0.223 e. The van der Waals surface area contributed by atoms with Crippen LogP contribution in [0.25, 0.3) is 10.2 Å². The zero-order valence-corrected chi connectivity index (χ0v) is 12.8. The van der Waals surface area contributed by atoms with Gasteiger partial charge >= 0.3 is 0 Å². The number of nitrogens with two attached hydrogens (primary N) is 1. The van der Waals surface area contributed by atoms with Gasteiger partial charge in [-0.15, -0.1) is 11.3 Å². The first-order chi connectivity index (χ1) is 9.61. The van der Waals surface area contributed by atoms with E-state index < -0.39 is 0 Å². The van der Waals surface area contributed by atoms with Crippen LogP contribution < -0.4 is 11.1 Å². The molecule has 0 spiro atoms. The molecule has 1 saturated heterocycles. The molecule has 0 radical (unpaired) electrons. The van der Waals surface area contributed by atoms with Gasteiger partial charge in [-0.2, -0.15) is 4.98 Å². The fourth-order valence-electron chi connectivity index (χ4n) is 2.87. The lowest BCUT2D eigenvalue weighted by molar-refractivity contribution is 0.217. The van der Waals surface area contributed by atoms with Crippen LogP contribution in [0.5, 0.6) is 0 Å². The quantitative estimate of drug-likeness (QED) is 0.908. The van der Waals surface area contributed by atoms with Gasteiger partial charge in [0.1, 0.15) is 10.6 Å². The molecule has 1 atom stereocenters. The number of piperidine rings is 1. The second-order valence-corrected chi connectivity index (χ2v) is 6.89. The van der Waals surface area contributed by atoms with E-state index in [4.69, 9.17) is 5.73 Å². The molecular weight excluding hydrogens is 270 g/mol. The molecule has 0 amide bonds.